The third kappa shape index (κ3) is 7.08. The maximum atomic E-state index is 13.6. The average Bonchev–Trinajstić information content (AvgIpc) is 2.92. The van der Waals surface area contributed by atoms with Crippen molar-refractivity contribution in [1.29, 1.82) is 0 Å². The van der Waals surface area contributed by atoms with Gasteiger partial charge in [0.2, 0.25) is 9.23 Å². The summed E-state index contributed by atoms with van der Waals surface area (Å²) < 4.78 is 26.2. The van der Waals surface area contributed by atoms with Gasteiger partial charge in [0.05, 0.1) is 6.10 Å². The summed E-state index contributed by atoms with van der Waals surface area (Å²) in [6, 6.07) is 16.9. The standard InChI is InChI=1S/C26H25ClN2O3.Cl2OS/c1-16-6-3-4-7-20(16)25(31)28-19-10-11-21(17(2)14-19)26(32)29-13-5-8-24(30)22-15-18(27)9-12-23(22)29;1-4(2)3/h3-4,6-7,9-12,14-15,24,30H,5,8,13H2,1-2H3,(H,28,31);/i13D2;. The molecule has 36 heavy (non-hydrogen) atoms. The Morgan fingerprint density at radius 1 is 1.06 bits per heavy atom. The molecule has 0 spiro atoms. The molecule has 1 aliphatic heterocycles. The Morgan fingerprint density at radius 3 is 2.42 bits per heavy atom. The van der Waals surface area contributed by atoms with E-state index in [1.807, 2.05) is 19.1 Å². The van der Waals surface area contributed by atoms with E-state index in [0.29, 0.717) is 38.7 Å². The number of anilines is 2. The number of aliphatic hydroxyl groups excluding tert-OH is 1. The number of amides is 2. The van der Waals surface area contributed by atoms with Gasteiger partial charge in [-0.15, -0.1) is 0 Å². The van der Waals surface area contributed by atoms with Crippen molar-refractivity contribution in [3.63, 3.8) is 0 Å². The number of carbonyl (C=O) groups excluding carboxylic acids is 2. The van der Waals surface area contributed by atoms with Crippen LogP contribution in [0.3, 0.4) is 0 Å². The van der Waals surface area contributed by atoms with Gasteiger partial charge in [0, 0.05) is 63.7 Å². The number of rotatable bonds is 3. The number of hydrogen-bond acceptors (Lipinski definition) is 4. The number of carbonyl (C=O) groups is 2. The summed E-state index contributed by atoms with van der Waals surface area (Å²) in [5, 5.41) is 13.8. The second kappa shape index (κ2) is 12.7. The number of nitrogens with one attached hydrogen (secondary N) is 1. The highest BCUT2D eigenvalue weighted by Gasteiger charge is 2.27. The minimum atomic E-state index is -2.01. The smallest absolute Gasteiger partial charge is 0.258 e. The average molecular weight is 570 g/mol. The molecule has 0 aliphatic carbocycles. The number of halogens is 3. The van der Waals surface area contributed by atoms with Crippen LogP contribution in [0.15, 0.2) is 60.7 Å². The van der Waals surface area contributed by atoms with E-state index in [0.717, 1.165) is 10.5 Å². The summed E-state index contributed by atoms with van der Waals surface area (Å²) >= 11 is 6.11. The van der Waals surface area contributed by atoms with Crippen LogP contribution in [0, 0.1) is 13.8 Å². The fourth-order valence-corrected chi connectivity index (χ4v) is 4.04. The lowest BCUT2D eigenvalue weighted by atomic mass is 10.0. The lowest BCUT2D eigenvalue weighted by molar-refractivity contribution is 0.0985. The molecule has 6 nitrogen and oxygen atoms in total. The summed E-state index contributed by atoms with van der Waals surface area (Å²) in [6.07, 6.45) is -0.801. The molecule has 1 aliphatic rings. The van der Waals surface area contributed by atoms with Crippen LogP contribution in [0.1, 0.15) is 59.1 Å². The molecule has 190 valence electrons. The number of fused-ring (bicyclic) bond motifs is 1. The molecule has 2 N–H and O–H groups in total. The molecular weight excluding hydrogens is 543 g/mol. The molecule has 2 amide bonds. The van der Waals surface area contributed by atoms with E-state index in [4.69, 9.17) is 18.6 Å². The third-order valence-electron chi connectivity index (χ3n) is 5.58. The molecule has 1 unspecified atom stereocenters. The monoisotopic (exact) mass is 568 g/mol. The van der Waals surface area contributed by atoms with Gasteiger partial charge in [-0.3, -0.25) is 9.59 Å². The largest absolute Gasteiger partial charge is 0.388 e. The Kier molecular flexibility index (Phi) is 8.90. The van der Waals surface area contributed by atoms with Gasteiger partial charge in [0.1, 0.15) is 0 Å². The Labute approximate surface area is 229 Å². The molecule has 3 aromatic carbocycles. The first-order valence-electron chi connectivity index (χ1n) is 11.9. The first kappa shape index (κ1) is 25.2. The van der Waals surface area contributed by atoms with Crippen LogP contribution in [-0.2, 0) is 9.23 Å². The van der Waals surface area contributed by atoms with Gasteiger partial charge in [-0.1, -0.05) is 29.8 Å². The van der Waals surface area contributed by atoms with Crippen LogP contribution < -0.4 is 10.2 Å². The van der Waals surface area contributed by atoms with Gasteiger partial charge in [-0.25, -0.2) is 4.21 Å². The van der Waals surface area contributed by atoms with Gasteiger partial charge in [-0.2, -0.15) is 0 Å². The van der Waals surface area contributed by atoms with Crippen molar-refractivity contribution in [3.8, 4) is 0 Å². The molecule has 1 heterocycles. The van der Waals surface area contributed by atoms with E-state index in [9.17, 15) is 14.7 Å². The minimum absolute atomic E-state index is 0.0319. The van der Waals surface area contributed by atoms with E-state index >= 15 is 0 Å². The molecule has 0 aromatic heterocycles. The molecule has 1 atom stereocenters. The predicted octanol–water partition coefficient (Wildman–Crippen LogP) is 6.73. The molecule has 0 saturated heterocycles. The van der Waals surface area contributed by atoms with Crippen molar-refractivity contribution >= 4 is 65.4 Å². The Hall–Kier alpha value is -2.42. The molecule has 0 bridgehead atoms. The number of hydrogen-bond donors (Lipinski definition) is 2. The number of benzene rings is 3. The maximum Gasteiger partial charge on any atom is 0.258 e. The summed E-state index contributed by atoms with van der Waals surface area (Å²) in [4.78, 5) is 27.4. The topological polar surface area (TPSA) is 86.7 Å². The normalized spacial score (nSPS) is 17.1. The van der Waals surface area contributed by atoms with E-state index in [1.54, 1.807) is 55.5 Å². The maximum absolute atomic E-state index is 13.6. The highest BCUT2D eigenvalue weighted by atomic mass is 36.0. The van der Waals surface area contributed by atoms with Gasteiger partial charge < -0.3 is 15.3 Å². The SMILES string of the molecule is O=S(Cl)Cl.[2H]C1([2H])CCC(O)c2cc(Cl)ccc2N1C(=O)c1ccc(NC(=O)c2ccccc2C)cc1C. The number of aliphatic hydroxyl groups is 1. The van der Waals surface area contributed by atoms with Gasteiger partial charge in [0.15, 0.2) is 0 Å². The van der Waals surface area contributed by atoms with Crippen LogP contribution >= 0.6 is 33.0 Å². The van der Waals surface area contributed by atoms with Gasteiger partial charge in [0.25, 0.3) is 11.8 Å². The van der Waals surface area contributed by atoms with Crippen LogP contribution in [0.5, 0.6) is 0 Å². The van der Waals surface area contributed by atoms with Crippen molar-refractivity contribution in [1.82, 2.24) is 0 Å². The van der Waals surface area contributed by atoms with Crippen LogP contribution in [0.4, 0.5) is 11.4 Å². The van der Waals surface area contributed by atoms with Crippen LogP contribution in [0.25, 0.3) is 0 Å². The molecule has 10 heteroatoms. The fourth-order valence-electron chi connectivity index (χ4n) is 3.86. The van der Waals surface area contributed by atoms with E-state index < -0.39 is 27.7 Å². The zero-order valence-electron chi connectivity index (χ0n) is 21.4. The zero-order chi connectivity index (χ0) is 28.2. The summed E-state index contributed by atoms with van der Waals surface area (Å²) in [6.45, 7) is 1.59. The number of nitrogens with zero attached hydrogens (tertiary/aromatic N) is 1. The Morgan fingerprint density at radius 2 is 1.75 bits per heavy atom. The molecule has 0 radical (unpaired) electrons. The Balaban J connectivity index is 0.000000934. The summed E-state index contributed by atoms with van der Waals surface area (Å²) in [5.41, 5.74) is 3.55. The van der Waals surface area contributed by atoms with Crippen molar-refractivity contribution in [2.45, 2.75) is 32.8 Å². The van der Waals surface area contributed by atoms with Crippen LogP contribution in [-0.4, -0.2) is 27.6 Å². The minimum Gasteiger partial charge on any atom is -0.388 e. The van der Waals surface area contributed by atoms with Crippen LogP contribution in [0.2, 0.25) is 5.02 Å². The number of aryl methyl sites for hydroxylation is 2. The lowest BCUT2D eigenvalue weighted by Gasteiger charge is -2.24. The first-order chi connectivity index (χ1) is 17.8. The zero-order valence-corrected chi connectivity index (χ0v) is 22.5. The fraction of sp³-hybridized carbons (Fsp3) is 0.231. The Bertz CT molecular complexity index is 1390. The van der Waals surface area contributed by atoms with Crippen molar-refractivity contribution < 1.29 is 21.6 Å². The molecule has 0 fully saturated rings. The lowest BCUT2D eigenvalue weighted by Crippen LogP contribution is -2.32. The van der Waals surface area contributed by atoms with Crippen molar-refractivity contribution in [2.75, 3.05) is 16.7 Å². The van der Waals surface area contributed by atoms with E-state index in [-0.39, 0.29) is 18.7 Å². The molecular formula is C26H25Cl3N2O4S. The second-order valence-electron chi connectivity index (χ2n) is 8.04. The first-order valence-corrected chi connectivity index (χ1v) is 14.0. The second-order valence-corrected chi connectivity index (χ2v) is 11.0. The highest BCUT2D eigenvalue weighted by Crippen LogP contribution is 2.36. The predicted molar refractivity (Wildman–Crippen MR) is 147 cm³/mol. The quantitative estimate of drug-likeness (QED) is 0.343. The molecule has 4 rings (SSSR count). The highest BCUT2D eigenvalue weighted by molar-refractivity contribution is 8.26. The van der Waals surface area contributed by atoms with Gasteiger partial charge >= 0.3 is 0 Å². The van der Waals surface area contributed by atoms with Gasteiger partial charge in [-0.05, 0) is 80.3 Å². The van der Waals surface area contributed by atoms with Crippen molar-refractivity contribution in [3.05, 3.63) is 93.5 Å². The molecule has 0 saturated carbocycles. The van der Waals surface area contributed by atoms with E-state index in [1.165, 1.54) is 0 Å². The summed E-state index contributed by atoms with van der Waals surface area (Å²) in [5.74, 6) is -0.780. The third-order valence-corrected chi connectivity index (χ3v) is 5.82. The molecule has 3 aromatic rings. The van der Waals surface area contributed by atoms with Crippen molar-refractivity contribution in [2.24, 2.45) is 0 Å². The van der Waals surface area contributed by atoms with E-state index in [2.05, 4.69) is 26.7 Å². The summed E-state index contributed by atoms with van der Waals surface area (Å²) in [7, 11) is 7.36.